The summed E-state index contributed by atoms with van der Waals surface area (Å²) in [5.41, 5.74) is -0.130. The van der Waals surface area contributed by atoms with Crippen molar-refractivity contribution in [1.82, 2.24) is 19.7 Å². The molecule has 44 heavy (non-hydrogen) atoms. The van der Waals surface area contributed by atoms with E-state index in [2.05, 4.69) is 49.4 Å². The van der Waals surface area contributed by atoms with Crippen LogP contribution in [0.5, 0.6) is 0 Å². The van der Waals surface area contributed by atoms with Crippen LogP contribution in [0, 0.1) is 28.4 Å². The highest BCUT2D eigenvalue weighted by atomic mass is 32.1. The van der Waals surface area contributed by atoms with E-state index in [0.29, 0.717) is 31.6 Å². The fourth-order valence-corrected chi connectivity index (χ4v) is 8.27. The molecule has 2 aliphatic heterocycles. The number of hydrogen-bond acceptors (Lipinski definition) is 5. The van der Waals surface area contributed by atoms with Gasteiger partial charge in [0, 0.05) is 60.2 Å². The van der Waals surface area contributed by atoms with Crippen LogP contribution >= 0.6 is 11.3 Å². The maximum atomic E-state index is 15.2. The number of amides is 2. The number of aromatic nitrogens is 1. The van der Waals surface area contributed by atoms with Crippen LogP contribution in [0.2, 0.25) is 0 Å². The number of likely N-dealkylation sites (tertiary alicyclic amines) is 2. The van der Waals surface area contributed by atoms with E-state index in [1.165, 1.54) is 23.5 Å². The first-order valence-electron chi connectivity index (χ1n) is 16.2. The van der Waals surface area contributed by atoms with Gasteiger partial charge in [0.05, 0.1) is 18.0 Å². The van der Waals surface area contributed by atoms with Gasteiger partial charge in [-0.3, -0.25) is 14.5 Å². The Morgan fingerprint density at radius 2 is 1.68 bits per heavy atom. The van der Waals surface area contributed by atoms with E-state index in [1.54, 1.807) is 6.20 Å². The van der Waals surface area contributed by atoms with Gasteiger partial charge < -0.3 is 9.80 Å². The first-order valence-corrected chi connectivity index (χ1v) is 17.1. The van der Waals surface area contributed by atoms with Crippen LogP contribution in [0.1, 0.15) is 110 Å². The second-order valence-electron chi connectivity index (χ2n) is 16.1. The lowest BCUT2D eigenvalue weighted by Gasteiger charge is -2.45. The molecule has 1 saturated carbocycles. The molecule has 0 radical (unpaired) electrons. The normalized spacial score (nSPS) is 26.7. The first-order chi connectivity index (χ1) is 20.5. The van der Waals surface area contributed by atoms with Crippen LogP contribution in [0.4, 0.5) is 8.78 Å². The lowest BCUT2D eigenvalue weighted by atomic mass is 9.74. The third-order valence-electron chi connectivity index (χ3n) is 10.2. The summed E-state index contributed by atoms with van der Waals surface area (Å²) in [6, 6.07) is 3.45. The summed E-state index contributed by atoms with van der Waals surface area (Å²) in [6.45, 7) is 18.3. The molecule has 4 atom stereocenters. The van der Waals surface area contributed by atoms with Gasteiger partial charge in [0.2, 0.25) is 11.8 Å². The maximum Gasteiger partial charge on any atom is 0.228 e. The Morgan fingerprint density at radius 3 is 2.25 bits per heavy atom. The zero-order chi connectivity index (χ0) is 32.2. The summed E-state index contributed by atoms with van der Waals surface area (Å²) in [7, 11) is 0. The van der Waals surface area contributed by atoms with Gasteiger partial charge in [0.15, 0.2) is 0 Å². The van der Waals surface area contributed by atoms with E-state index >= 15 is 4.39 Å². The predicted octanol–water partition coefficient (Wildman–Crippen LogP) is 7.42. The summed E-state index contributed by atoms with van der Waals surface area (Å²) in [4.78, 5) is 39.8. The molecule has 6 nitrogen and oxygen atoms in total. The molecule has 3 aliphatic rings. The number of hydrogen-bond donors (Lipinski definition) is 0. The van der Waals surface area contributed by atoms with E-state index in [1.807, 2.05) is 31.1 Å². The molecular weight excluding hydrogens is 578 g/mol. The van der Waals surface area contributed by atoms with Gasteiger partial charge in [-0.1, -0.05) is 40.7 Å². The minimum atomic E-state index is -0.624. The highest BCUT2D eigenvalue weighted by molar-refractivity contribution is 7.09. The molecule has 1 aromatic carbocycles. The fourth-order valence-electron chi connectivity index (χ4n) is 7.50. The van der Waals surface area contributed by atoms with Crippen molar-refractivity contribution >= 4 is 23.2 Å². The Kier molecular flexibility index (Phi) is 9.06. The van der Waals surface area contributed by atoms with Crippen molar-refractivity contribution in [3.8, 4) is 0 Å². The van der Waals surface area contributed by atoms with Crippen LogP contribution in [-0.2, 0) is 9.59 Å². The molecule has 1 aromatic heterocycles. The number of thiazole rings is 1. The Morgan fingerprint density at radius 1 is 1.00 bits per heavy atom. The Hall–Kier alpha value is -2.39. The monoisotopic (exact) mass is 628 g/mol. The van der Waals surface area contributed by atoms with Gasteiger partial charge in [-0.25, -0.2) is 13.8 Å². The molecule has 2 saturated heterocycles. The molecule has 3 fully saturated rings. The summed E-state index contributed by atoms with van der Waals surface area (Å²) >= 11 is 1.53. The summed E-state index contributed by atoms with van der Waals surface area (Å²) < 4.78 is 29.1. The zero-order valence-corrected chi connectivity index (χ0v) is 28.5. The lowest BCUT2D eigenvalue weighted by molar-refractivity contribution is -0.147. The Balaban J connectivity index is 1.50. The second kappa shape index (κ2) is 12.1. The van der Waals surface area contributed by atoms with Crippen molar-refractivity contribution in [2.45, 2.75) is 117 Å². The molecule has 5 rings (SSSR count). The summed E-state index contributed by atoms with van der Waals surface area (Å²) in [5.74, 6) is -2.06. The van der Waals surface area contributed by atoms with E-state index in [-0.39, 0.29) is 40.9 Å². The van der Waals surface area contributed by atoms with E-state index in [0.717, 1.165) is 36.8 Å². The topological polar surface area (TPSA) is 56.8 Å². The van der Waals surface area contributed by atoms with Gasteiger partial charge in [0.1, 0.15) is 16.6 Å². The van der Waals surface area contributed by atoms with Crippen LogP contribution < -0.4 is 0 Å². The van der Waals surface area contributed by atoms with Crippen molar-refractivity contribution in [2.75, 3.05) is 19.6 Å². The standard InChI is InChI=1S/C35H50F2N4O2S/c1-33(2,3)32(43)41(23-11-13-35(7,8)14-12-23)24-18-29(30-38-15-16-44-30)40(19-24)31(42)27-21-39(34(4,5)6)20-26(27)25-10-9-22(36)17-28(25)37/h9-10,15-17,23-24,26-27,29H,11-14,18-21H2,1-8H3/t24-,26-,27?,29+/m0/s1. The van der Waals surface area contributed by atoms with Crippen molar-refractivity contribution in [3.63, 3.8) is 0 Å². The average molecular weight is 629 g/mol. The van der Waals surface area contributed by atoms with Gasteiger partial charge >= 0.3 is 0 Å². The van der Waals surface area contributed by atoms with Gasteiger partial charge in [-0.05, 0) is 69.9 Å². The second-order valence-corrected chi connectivity index (χ2v) is 17.0. The molecule has 1 aliphatic carbocycles. The van der Waals surface area contributed by atoms with Crippen LogP contribution in [0.25, 0.3) is 0 Å². The number of carbonyl (C=O) groups excluding carboxylic acids is 2. The highest BCUT2D eigenvalue weighted by Gasteiger charge is 2.50. The van der Waals surface area contributed by atoms with Crippen LogP contribution in [0.3, 0.4) is 0 Å². The molecule has 0 bridgehead atoms. The van der Waals surface area contributed by atoms with Crippen LogP contribution in [0.15, 0.2) is 29.8 Å². The number of benzene rings is 1. The summed E-state index contributed by atoms with van der Waals surface area (Å²) in [5, 5.41) is 2.80. The van der Waals surface area contributed by atoms with Crippen molar-refractivity contribution in [1.29, 1.82) is 0 Å². The number of rotatable bonds is 5. The Bertz CT molecular complexity index is 1340. The molecule has 0 spiro atoms. The smallest absolute Gasteiger partial charge is 0.228 e. The molecule has 0 N–H and O–H groups in total. The zero-order valence-electron chi connectivity index (χ0n) is 27.7. The minimum Gasteiger partial charge on any atom is -0.334 e. The molecule has 2 aromatic rings. The number of halogens is 2. The lowest BCUT2D eigenvalue weighted by Crippen LogP contribution is -2.54. The number of nitrogens with zero attached hydrogens (tertiary/aromatic N) is 4. The minimum absolute atomic E-state index is 0.0406. The average Bonchev–Trinajstić information content (AvgIpc) is 3.68. The first kappa shape index (κ1) is 33.0. The summed E-state index contributed by atoms with van der Waals surface area (Å²) in [6.07, 6.45) is 6.43. The molecule has 3 heterocycles. The largest absolute Gasteiger partial charge is 0.334 e. The molecular formula is C35H50F2N4O2S. The molecule has 242 valence electrons. The third-order valence-corrected chi connectivity index (χ3v) is 11.1. The van der Waals surface area contributed by atoms with Crippen molar-refractivity contribution in [2.24, 2.45) is 16.7 Å². The van der Waals surface area contributed by atoms with E-state index in [9.17, 15) is 14.0 Å². The van der Waals surface area contributed by atoms with Crippen molar-refractivity contribution in [3.05, 3.63) is 52.0 Å². The third kappa shape index (κ3) is 6.74. The van der Waals surface area contributed by atoms with Gasteiger partial charge in [-0.2, -0.15) is 0 Å². The van der Waals surface area contributed by atoms with Crippen LogP contribution in [-0.4, -0.2) is 68.8 Å². The number of carbonyl (C=O) groups is 2. The maximum absolute atomic E-state index is 15.2. The Labute approximate surface area is 266 Å². The predicted molar refractivity (Wildman–Crippen MR) is 171 cm³/mol. The molecule has 9 heteroatoms. The van der Waals surface area contributed by atoms with E-state index < -0.39 is 28.9 Å². The SMILES string of the molecule is CC1(C)CCC(N(C(=O)C(C)(C)C)[C@H]2C[C@H](c3nccs3)N(C(=O)C3CN(C(C)(C)C)C[C@H]3c3ccc(F)cc3F)C2)CC1. The van der Waals surface area contributed by atoms with Gasteiger partial charge in [-0.15, -0.1) is 11.3 Å². The van der Waals surface area contributed by atoms with E-state index in [4.69, 9.17) is 0 Å². The molecule has 1 unspecified atom stereocenters. The van der Waals surface area contributed by atoms with Gasteiger partial charge in [0.25, 0.3) is 0 Å². The quantitative estimate of drug-likeness (QED) is 0.346. The molecule has 2 amide bonds. The highest BCUT2D eigenvalue weighted by Crippen LogP contribution is 2.45. The van der Waals surface area contributed by atoms with Crippen molar-refractivity contribution < 1.29 is 18.4 Å². The fraction of sp³-hybridized carbons (Fsp3) is 0.686.